The summed E-state index contributed by atoms with van der Waals surface area (Å²) in [6, 6.07) is 0. The average molecular weight is 245 g/mol. The standard InChI is InChI=1S/C13H27NOS/c1-5-13(15,6-2)11-14-8-7-12(3,4)16-10-9-14/h15H,5-11H2,1-4H3. The second-order valence-electron chi connectivity index (χ2n) is 5.57. The fourth-order valence-corrected chi connectivity index (χ4v) is 3.25. The van der Waals surface area contributed by atoms with E-state index >= 15 is 0 Å². The first-order chi connectivity index (χ1) is 7.41. The summed E-state index contributed by atoms with van der Waals surface area (Å²) < 4.78 is 0.408. The highest BCUT2D eigenvalue weighted by atomic mass is 32.2. The predicted molar refractivity (Wildman–Crippen MR) is 73.1 cm³/mol. The van der Waals surface area contributed by atoms with E-state index in [1.807, 2.05) is 0 Å². The van der Waals surface area contributed by atoms with Crippen LogP contribution in [0.1, 0.15) is 47.0 Å². The van der Waals surface area contributed by atoms with Gasteiger partial charge in [-0.2, -0.15) is 11.8 Å². The molecular weight excluding hydrogens is 218 g/mol. The Labute approximate surface area is 105 Å². The van der Waals surface area contributed by atoms with E-state index in [0.29, 0.717) is 4.75 Å². The highest BCUT2D eigenvalue weighted by Gasteiger charge is 2.29. The molecule has 1 heterocycles. The van der Waals surface area contributed by atoms with E-state index in [4.69, 9.17) is 0 Å². The summed E-state index contributed by atoms with van der Waals surface area (Å²) in [6.45, 7) is 11.9. The molecular formula is C13H27NOS. The highest BCUT2D eigenvalue weighted by molar-refractivity contribution is 8.00. The maximum Gasteiger partial charge on any atom is 0.0768 e. The molecule has 0 amide bonds. The lowest BCUT2D eigenvalue weighted by molar-refractivity contribution is -0.00203. The Morgan fingerprint density at radius 1 is 1.25 bits per heavy atom. The van der Waals surface area contributed by atoms with Gasteiger partial charge >= 0.3 is 0 Å². The number of hydrogen-bond donors (Lipinski definition) is 1. The Morgan fingerprint density at radius 2 is 1.88 bits per heavy atom. The molecule has 0 spiro atoms. The molecule has 1 fully saturated rings. The van der Waals surface area contributed by atoms with Gasteiger partial charge < -0.3 is 5.11 Å². The number of hydrogen-bond acceptors (Lipinski definition) is 3. The maximum atomic E-state index is 10.4. The van der Waals surface area contributed by atoms with Gasteiger partial charge in [-0.1, -0.05) is 27.7 Å². The Kier molecular flexibility index (Phi) is 5.14. The minimum absolute atomic E-state index is 0.408. The molecule has 0 unspecified atom stereocenters. The molecule has 0 radical (unpaired) electrons. The first-order valence-corrected chi connectivity index (χ1v) is 7.48. The van der Waals surface area contributed by atoms with E-state index in [-0.39, 0.29) is 0 Å². The van der Waals surface area contributed by atoms with Crippen molar-refractivity contribution in [1.29, 1.82) is 0 Å². The fraction of sp³-hybridized carbons (Fsp3) is 1.00. The molecule has 1 rings (SSSR count). The quantitative estimate of drug-likeness (QED) is 0.824. The number of rotatable bonds is 4. The van der Waals surface area contributed by atoms with Gasteiger partial charge in [0, 0.05) is 23.6 Å². The zero-order valence-electron chi connectivity index (χ0n) is 11.3. The van der Waals surface area contributed by atoms with Crippen molar-refractivity contribution < 1.29 is 5.11 Å². The van der Waals surface area contributed by atoms with Crippen molar-refractivity contribution in [2.75, 3.05) is 25.4 Å². The Hall–Kier alpha value is 0.270. The summed E-state index contributed by atoms with van der Waals surface area (Å²) in [6.07, 6.45) is 2.94. The van der Waals surface area contributed by atoms with Gasteiger partial charge in [0.05, 0.1) is 5.60 Å². The summed E-state index contributed by atoms with van der Waals surface area (Å²) in [5, 5.41) is 10.4. The van der Waals surface area contributed by atoms with Crippen molar-refractivity contribution in [2.24, 2.45) is 0 Å². The van der Waals surface area contributed by atoms with Gasteiger partial charge in [-0.15, -0.1) is 0 Å². The van der Waals surface area contributed by atoms with Crippen LogP contribution in [0.15, 0.2) is 0 Å². The molecule has 0 atom stereocenters. The largest absolute Gasteiger partial charge is 0.389 e. The van der Waals surface area contributed by atoms with E-state index < -0.39 is 5.60 Å². The molecule has 16 heavy (non-hydrogen) atoms. The van der Waals surface area contributed by atoms with Crippen LogP contribution in [0.2, 0.25) is 0 Å². The average Bonchev–Trinajstić information content (AvgIpc) is 2.40. The topological polar surface area (TPSA) is 23.5 Å². The van der Waals surface area contributed by atoms with Crippen LogP contribution in [0.4, 0.5) is 0 Å². The first-order valence-electron chi connectivity index (χ1n) is 6.49. The van der Waals surface area contributed by atoms with Crippen LogP contribution in [0.5, 0.6) is 0 Å². The van der Waals surface area contributed by atoms with Crippen molar-refractivity contribution in [2.45, 2.75) is 57.3 Å². The van der Waals surface area contributed by atoms with Gasteiger partial charge in [-0.3, -0.25) is 4.90 Å². The van der Waals surface area contributed by atoms with E-state index in [2.05, 4.69) is 44.4 Å². The molecule has 2 nitrogen and oxygen atoms in total. The van der Waals surface area contributed by atoms with Crippen LogP contribution in [-0.2, 0) is 0 Å². The van der Waals surface area contributed by atoms with Crippen molar-refractivity contribution in [1.82, 2.24) is 4.90 Å². The van der Waals surface area contributed by atoms with E-state index in [9.17, 15) is 5.11 Å². The Morgan fingerprint density at radius 3 is 2.44 bits per heavy atom. The van der Waals surface area contributed by atoms with Crippen LogP contribution in [0.25, 0.3) is 0 Å². The molecule has 1 N–H and O–H groups in total. The lowest BCUT2D eigenvalue weighted by Gasteiger charge is -2.32. The zero-order chi connectivity index (χ0) is 12.2. The van der Waals surface area contributed by atoms with Crippen molar-refractivity contribution in [3.63, 3.8) is 0 Å². The Balaban J connectivity index is 2.49. The SMILES string of the molecule is CCC(O)(CC)CN1CCSC(C)(C)CC1. The molecule has 0 aromatic heterocycles. The molecule has 0 saturated carbocycles. The van der Waals surface area contributed by atoms with Gasteiger partial charge in [0.1, 0.15) is 0 Å². The predicted octanol–water partition coefficient (Wildman–Crippen LogP) is 2.76. The molecule has 0 bridgehead atoms. The van der Waals surface area contributed by atoms with Crippen LogP contribution in [0.3, 0.4) is 0 Å². The number of β-amino-alcohol motifs (C(OH)–C–C–N with tert-alkyl or cyclic N) is 1. The van der Waals surface area contributed by atoms with Gasteiger partial charge in [0.2, 0.25) is 0 Å². The molecule has 96 valence electrons. The van der Waals surface area contributed by atoms with Crippen LogP contribution in [0, 0.1) is 0 Å². The molecule has 3 heteroatoms. The third-order valence-corrected chi connectivity index (χ3v) is 5.14. The highest BCUT2D eigenvalue weighted by Crippen LogP contribution is 2.31. The van der Waals surface area contributed by atoms with Gasteiger partial charge in [-0.05, 0) is 25.8 Å². The van der Waals surface area contributed by atoms with E-state index in [1.165, 1.54) is 12.2 Å². The third kappa shape index (κ3) is 4.27. The summed E-state index contributed by atoms with van der Waals surface area (Å²) in [7, 11) is 0. The van der Waals surface area contributed by atoms with Crippen molar-refractivity contribution in [3.05, 3.63) is 0 Å². The summed E-state index contributed by atoms with van der Waals surface area (Å²) >= 11 is 2.06. The molecule has 0 aliphatic carbocycles. The fourth-order valence-electron chi connectivity index (χ4n) is 2.11. The number of nitrogens with zero attached hydrogens (tertiary/aromatic N) is 1. The second kappa shape index (κ2) is 5.74. The van der Waals surface area contributed by atoms with E-state index in [1.54, 1.807) is 0 Å². The first kappa shape index (κ1) is 14.3. The maximum absolute atomic E-state index is 10.4. The van der Waals surface area contributed by atoms with Gasteiger partial charge in [-0.25, -0.2) is 0 Å². The van der Waals surface area contributed by atoms with Crippen LogP contribution in [-0.4, -0.2) is 45.7 Å². The summed E-state index contributed by atoms with van der Waals surface area (Å²) in [4.78, 5) is 2.44. The molecule has 1 aliphatic heterocycles. The van der Waals surface area contributed by atoms with E-state index in [0.717, 1.165) is 32.5 Å². The van der Waals surface area contributed by atoms with Gasteiger partial charge in [0.15, 0.2) is 0 Å². The van der Waals surface area contributed by atoms with Crippen LogP contribution >= 0.6 is 11.8 Å². The number of aliphatic hydroxyl groups is 1. The minimum Gasteiger partial charge on any atom is -0.389 e. The number of thioether (sulfide) groups is 1. The monoisotopic (exact) mass is 245 g/mol. The third-order valence-electron chi connectivity index (χ3n) is 3.76. The lowest BCUT2D eigenvalue weighted by atomic mass is 9.96. The summed E-state index contributed by atoms with van der Waals surface area (Å²) in [5.74, 6) is 1.19. The molecule has 0 aromatic rings. The van der Waals surface area contributed by atoms with Gasteiger partial charge in [0.25, 0.3) is 0 Å². The smallest absolute Gasteiger partial charge is 0.0768 e. The normalized spacial score (nSPS) is 23.1. The lowest BCUT2D eigenvalue weighted by Crippen LogP contribution is -2.43. The molecule has 1 saturated heterocycles. The Bertz CT molecular complexity index is 214. The molecule has 1 aliphatic rings. The summed E-state index contributed by atoms with van der Waals surface area (Å²) in [5.41, 5.74) is -0.473. The van der Waals surface area contributed by atoms with Crippen molar-refractivity contribution >= 4 is 11.8 Å². The zero-order valence-corrected chi connectivity index (χ0v) is 12.1. The minimum atomic E-state index is -0.473. The molecule has 0 aromatic carbocycles. The van der Waals surface area contributed by atoms with Crippen molar-refractivity contribution in [3.8, 4) is 0 Å². The second-order valence-corrected chi connectivity index (χ2v) is 7.37. The van der Waals surface area contributed by atoms with Crippen LogP contribution < -0.4 is 0 Å².